The zero-order valence-electron chi connectivity index (χ0n) is 20.6. The molecule has 0 aliphatic carbocycles. The fraction of sp³-hybridized carbons (Fsp3) is 0.346. The average molecular weight is 527 g/mol. The second kappa shape index (κ2) is 11.1. The second-order valence-corrected chi connectivity index (χ2v) is 11.3. The van der Waals surface area contributed by atoms with Crippen LogP contribution in [0.25, 0.3) is 0 Å². The number of sulfonamides is 1. The molecule has 4 rings (SSSR count). The predicted molar refractivity (Wildman–Crippen MR) is 140 cm³/mol. The lowest BCUT2D eigenvalue weighted by Crippen LogP contribution is -2.54. The summed E-state index contributed by atoms with van der Waals surface area (Å²) in [6.45, 7) is 6.14. The van der Waals surface area contributed by atoms with E-state index in [1.807, 2.05) is 62.2 Å². The normalized spacial score (nSPS) is 16.1. The van der Waals surface area contributed by atoms with Gasteiger partial charge in [0, 0.05) is 26.2 Å². The maximum atomic E-state index is 13.7. The van der Waals surface area contributed by atoms with Gasteiger partial charge in [-0.15, -0.1) is 12.6 Å². The Kier molecular flexibility index (Phi) is 8.07. The van der Waals surface area contributed by atoms with Gasteiger partial charge in [0.25, 0.3) is 0 Å². The van der Waals surface area contributed by atoms with Gasteiger partial charge in [0.15, 0.2) is 0 Å². The monoisotopic (exact) mass is 526 g/mol. The molecule has 1 aliphatic rings. The van der Waals surface area contributed by atoms with Crippen LogP contribution in [0.2, 0.25) is 0 Å². The van der Waals surface area contributed by atoms with E-state index in [2.05, 4.69) is 4.90 Å². The minimum atomic E-state index is -3.90. The lowest BCUT2D eigenvalue weighted by molar-refractivity contribution is 0.0857. The van der Waals surface area contributed by atoms with Crippen LogP contribution < -0.4 is 4.74 Å². The van der Waals surface area contributed by atoms with Gasteiger partial charge >= 0.3 is 0 Å². The van der Waals surface area contributed by atoms with E-state index in [1.54, 1.807) is 18.4 Å². The summed E-state index contributed by atoms with van der Waals surface area (Å²) in [6, 6.07) is 16.0. The third-order valence-electron chi connectivity index (χ3n) is 6.09. The number of aryl methyl sites for hydroxylation is 2. The quantitative estimate of drug-likeness (QED) is 0.347. The van der Waals surface area contributed by atoms with Crippen LogP contribution in [0.1, 0.15) is 22.5 Å². The first-order chi connectivity index (χ1) is 17.2. The molecule has 1 saturated heterocycles. The molecule has 3 aromatic rings. The second-order valence-electron chi connectivity index (χ2n) is 8.98. The standard InChI is InChI=1S/C26H30N4O4S2/c1-19-13-20(2)15-23(14-19)34-24-7-6-21(17-27)16-25(24)36(31,32)30-10-8-29(9-11-30)26(35)28(3)18-22-5-4-12-33-22/h4-7,12-16,26,35H,8-11,18H2,1-3H3. The maximum absolute atomic E-state index is 13.7. The Morgan fingerprint density at radius 3 is 2.42 bits per heavy atom. The molecule has 0 bridgehead atoms. The highest BCUT2D eigenvalue weighted by Crippen LogP contribution is 2.33. The van der Waals surface area contributed by atoms with Crippen molar-refractivity contribution in [1.82, 2.24) is 14.1 Å². The molecular formula is C26H30N4O4S2. The van der Waals surface area contributed by atoms with Crippen LogP contribution in [-0.4, -0.2) is 61.2 Å². The van der Waals surface area contributed by atoms with E-state index in [0.29, 0.717) is 38.5 Å². The summed E-state index contributed by atoms with van der Waals surface area (Å²) in [5.41, 5.74) is 2.09. The fourth-order valence-electron chi connectivity index (χ4n) is 4.31. The van der Waals surface area contributed by atoms with Crippen LogP contribution in [0.5, 0.6) is 11.5 Å². The van der Waals surface area contributed by atoms with Crippen molar-refractivity contribution in [2.75, 3.05) is 33.2 Å². The Balaban J connectivity index is 1.51. The van der Waals surface area contributed by atoms with E-state index in [1.165, 1.54) is 10.4 Å². The summed E-state index contributed by atoms with van der Waals surface area (Å²) in [6.07, 6.45) is 1.64. The van der Waals surface area contributed by atoms with Crippen molar-refractivity contribution in [1.29, 1.82) is 5.26 Å². The van der Waals surface area contributed by atoms with Crippen molar-refractivity contribution in [3.8, 4) is 17.6 Å². The highest BCUT2D eigenvalue weighted by atomic mass is 32.2. The van der Waals surface area contributed by atoms with E-state index in [0.717, 1.165) is 16.9 Å². The van der Waals surface area contributed by atoms with Crippen molar-refractivity contribution >= 4 is 22.7 Å². The molecular weight excluding hydrogens is 496 g/mol. The Labute approximate surface area is 218 Å². The number of hydrogen-bond donors (Lipinski definition) is 1. The third-order valence-corrected chi connectivity index (χ3v) is 8.73. The zero-order valence-corrected chi connectivity index (χ0v) is 22.3. The molecule has 1 aromatic heterocycles. The van der Waals surface area contributed by atoms with Crippen molar-refractivity contribution in [2.24, 2.45) is 0 Å². The first-order valence-electron chi connectivity index (χ1n) is 11.6. The molecule has 0 spiro atoms. The minimum absolute atomic E-state index is 0.00785. The molecule has 1 unspecified atom stereocenters. The molecule has 1 fully saturated rings. The van der Waals surface area contributed by atoms with Gasteiger partial charge in [0.1, 0.15) is 27.7 Å². The Bertz CT molecular complexity index is 1320. The average Bonchev–Trinajstić information content (AvgIpc) is 3.36. The predicted octanol–water partition coefficient (Wildman–Crippen LogP) is 4.21. The van der Waals surface area contributed by atoms with E-state index < -0.39 is 10.0 Å². The third kappa shape index (κ3) is 5.94. The van der Waals surface area contributed by atoms with Gasteiger partial charge in [-0.25, -0.2) is 8.42 Å². The van der Waals surface area contributed by atoms with Gasteiger partial charge in [0.2, 0.25) is 10.0 Å². The topological polar surface area (TPSA) is 90.0 Å². The van der Waals surface area contributed by atoms with Crippen LogP contribution in [-0.2, 0) is 16.6 Å². The molecule has 0 amide bonds. The smallest absolute Gasteiger partial charge is 0.246 e. The van der Waals surface area contributed by atoms with Gasteiger partial charge in [-0.05, 0) is 74.5 Å². The largest absolute Gasteiger partial charge is 0.468 e. The molecule has 8 nitrogen and oxygen atoms in total. The number of nitrogens with zero attached hydrogens (tertiary/aromatic N) is 4. The molecule has 10 heteroatoms. The molecule has 36 heavy (non-hydrogen) atoms. The van der Waals surface area contributed by atoms with E-state index in [4.69, 9.17) is 21.8 Å². The summed E-state index contributed by atoms with van der Waals surface area (Å²) < 4.78 is 40.3. The van der Waals surface area contributed by atoms with Gasteiger partial charge in [-0.3, -0.25) is 9.80 Å². The number of benzene rings is 2. The highest BCUT2D eigenvalue weighted by molar-refractivity contribution is 7.89. The summed E-state index contributed by atoms with van der Waals surface area (Å²) in [7, 11) is -1.95. The Hall–Kier alpha value is -2.81. The van der Waals surface area contributed by atoms with Crippen LogP contribution in [0.3, 0.4) is 0 Å². The summed E-state index contributed by atoms with van der Waals surface area (Å²) in [5, 5.41) is 9.41. The lowest BCUT2D eigenvalue weighted by Gasteiger charge is -2.40. The first-order valence-corrected chi connectivity index (χ1v) is 13.6. The van der Waals surface area contributed by atoms with Gasteiger partial charge < -0.3 is 9.15 Å². The number of rotatable bonds is 8. The molecule has 2 aromatic carbocycles. The number of thiol groups is 1. The molecule has 190 valence electrons. The van der Waals surface area contributed by atoms with Crippen LogP contribution >= 0.6 is 12.6 Å². The number of furan rings is 1. The van der Waals surface area contributed by atoms with Crippen LogP contribution in [0.15, 0.2) is 64.1 Å². The first kappa shape index (κ1) is 26.3. The highest BCUT2D eigenvalue weighted by Gasteiger charge is 2.33. The Morgan fingerprint density at radius 2 is 1.81 bits per heavy atom. The van der Waals surface area contributed by atoms with Crippen molar-refractivity contribution in [3.05, 3.63) is 77.2 Å². The number of ether oxygens (including phenoxy) is 1. The summed E-state index contributed by atoms with van der Waals surface area (Å²) in [5.74, 6) is 1.59. The van der Waals surface area contributed by atoms with Crippen LogP contribution in [0, 0.1) is 25.2 Å². The van der Waals surface area contributed by atoms with E-state index in [9.17, 15) is 13.7 Å². The molecule has 0 saturated carbocycles. The van der Waals surface area contributed by atoms with Crippen molar-refractivity contribution < 1.29 is 17.6 Å². The number of nitriles is 1. The van der Waals surface area contributed by atoms with Crippen molar-refractivity contribution in [3.63, 3.8) is 0 Å². The summed E-state index contributed by atoms with van der Waals surface area (Å²) in [4.78, 5) is 4.15. The minimum Gasteiger partial charge on any atom is -0.468 e. The fourth-order valence-corrected chi connectivity index (χ4v) is 6.18. The van der Waals surface area contributed by atoms with E-state index >= 15 is 0 Å². The van der Waals surface area contributed by atoms with E-state index in [-0.39, 0.29) is 21.7 Å². The SMILES string of the molecule is Cc1cc(C)cc(Oc2ccc(C#N)cc2S(=O)(=O)N2CCN(C(S)N(C)Cc3ccco3)CC2)c1. The molecule has 1 aliphatic heterocycles. The molecule has 0 radical (unpaired) electrons. The van der Waals surface area contributed by atoms with Gasteiger partial charge in [-0.2, -0.15) is 9.57 Å². The van der Waals surface area contributed by atoms with Crippen molar-refractivity contribution in [2.45, 2.75) is 30.8 Å². The molecule has 2 heterocycles. The number of piperazine rings is 1. The van der Waals surface area contributed by atoms with Gasteiger partial charge in [-0.1, -0.05) is 6.07 Å². The van der Waals surface area contributed by atoms with Gasteiger partial charge in [0.05, 0.1) is 24.4 Å². The number of hydrogen-bond acceptors (Lipinski definition) is 8. The zero-order chi connectivity index (χ0) is 25.9. The van der Waals surface area contributed by atoms with Crippen LogP contribution in [0.4, 0.5) is 0 Å². The lowest BCUT2D eigenvalue weighted by atomic mass is 10.1. The molecule has 1 atom stereocenters. The summed E-state index contributed by atoms with van der Waals surface area (Å²) >= 11 is 4.75. The Morgan fingerprint density at radius 1 is 1.11 bits per heavy atom. The maximum Gasteiger partial charge on any atom is 0.246 e. The molecule has 0 N–H and O–H groups in total.